The Bertz CT molecular complexity index is 685. The van der Waals surface area contributed by atoms with Crippen molar-refractivity contribution in [2.45, 2.75) is 18.1 Å². The van der Waals surface area contributed by atoms with Gasteiger partial charge in [-0.25, -0.2) is 18.1 Å². The van der Waals surface area contributed by atoms with Gasteiger partial charge in [-0.15, -0.1) is 22.7 Å². The molecule has 18 heavy (non-hydrogen) atoms. The Morgan fingerprint density at radius 3 is 2.50 bits per heavy atom. The van der Waals surface area contributed by atoms with Gasteiger partial charge in [0.05, 0.1) is 11.2 Å². The molecule has 5 nitrogen and oxygen atoms in total. The van der Waals surface area contributed by atoms with Gasteiger partial charge in [0.15, 0.2) is 0 Å². The molecular weight excluding hydrogens is 292 g/mol. The lowest BCUT2D eigenvalue weighted by atomic mass is 10.5. The molecule has 0 fully saturated rings. The van der Waals surface area contributed by atoms with Gasteiger partial charge in [-0.3, -0.25) is 4.79 Å². The molecule has 96 valence electrons. The summed E-state index contributed by atoms with van der Waals surface area (Å²) in [6.07, 6.45) is 1.37. The van der Waals surface area contributed by atoms with Gasteiger partial charge in [0.2, 0.25) is 0 Å². The molecule has 0 aliphatic carbocycles. The number of nitrogens with zero attached hydrogens (tertiary/aromatic N) is 1. The van der Waals surface area contributed by atoms with Crippen molar-refractivity contribution in [3.05, 3.63) is 33.1 Å². The van der Waals surface area contributed by atoms with E-state index in [4.69, 9.17) is 0 Å². The molecule has 0 aromatic carbocycles. The molecule has 8 heteroatoms. The van der Waals surface area contributed by atoms with E-state index in [9.17, 15) is 13.2 Å². The smallest absolute Gasteiger partial charge is 0.267 e. The van der Waals surface area contributed by atoms with Crippen LogP contribution in [0.5, 0.6) is 0 Å². The van der Waals surface area contributed by atoms with E-state index in [1.165, 1.54) is 12.3 Å². The van der Waals surface area contributed by atoms with Crippen LogP contribution >= 0.6 is 22.7 Å². The molecule has 2 heterocycles. The van der Waals surface area contributed by atoms with Crippen LogP contribution in [0.3, 0.4) is 0 Å². The standard InChI is InChI=1S/C10H10N2O3S3/c1-6-3-4-9(16-6)18(14,15)12-10(13)8-5-11-7(2)17-8/h3-5H,1-2H3,(H,12,13). The molecular formula is C10H10N2O3S3. The van der Waals surface area contributed by atoms with Gasteiger partial charge in [-0.05, 0) is 26.0 Å². The number of amides is 1. The maximum absolute atomic E-state index is 11.9. The number of thiazole rings is 1. The van der Waals surface area contributed by atoms with Crippen LogP contribution in [0.2, 0.25) is 0 Å². The fourth-order valence-corrected chi connectivity index (χ4v) is 4.23. The number of nitrogens with one attached hydrogen (secondary N) is 1. The van der Waals surface area contributed by atoms with Crippen LogP contribution in [-0.4, -0.2) is 19.3 Å². The lowest BCUT2D eigenvalue weighted by Gasteiger charge is -2.02. The molecule has 0 bridgehead atoms. The second-order valence-corrected chi connectivity index (χ2v) is 7.98. The number of sulfonamides is 1. The van der Waals surface area contributed by atoms with E-state index >= 15 is 0 Å². The second kappa shape index (κ2) is 4.79. The lowest BCUT2D eigenvalue weighted by Crippen LogP contribution is -2.29. The number of rotatable bonds is 3. The maximum Gasteiger partial charge on any atom is 0.276 e. The average molecular weight is 302 g/mol. The lowest BCUT2D eigenvalue weighted by molar-refractivity contribution is 0.0985. The molecule has 0 saturated carbocycles. The number of aryl methyl sites for hydroxylation is 2. The van der Waals surface area contributed by atoms with Crippen LogP contribution in [0.1, 0.15) is 19.6 Å². The van der Waals surface area contributed by atoms with Crippen molar-refractivity contribution >= 4 is 38.6 Å². The highest BCUT2D eigenvalue weighted by Gasteiger charge is 2.21. The third-order valence-electron chi connectivity index (χ3n) is 2.05. The molecule has 1 amide bonds. The Morgan fingerprint density at radius 1 is 1.28 bits per heavy atom. The van der Waals surface area contributed by atoms with Crippen molar-refractivity contribution in [1.82, 2.24) is 9.71 Å². The van der Waals surface area contributed by atoms with Crippen LogP contribution in [0.4, 0.5) is 0 Å². The number of carbonyl (C=O) groups is 1. The van der Waals surface area contributed by atoms with Crippen molar-refractivity contribution in [3.63, 3.8) is 0 Å². The first-order valence-corrected chi connectivity index (χ1v) is 8.06. The van der Waals surface area contributed by atoms with Gasteiger partial charge < -0.3 is 0 Å². The SMILES string of the molecule is Cc1ccc(S(=O)(=O)NC(=O)c2cnc(C)s2)s1. The highest BCUT2D eigenvalue weighted by atomic mass is 32.2. The van der Waals surface area contributed by atoms with E-state index in [0.29, 0.717) is 5.01 Å². The molecule has 0 atom stereocenters. The van der Waals surface area contributed by atoms with Gasteiger partial charge in [0.1, 0.15) is 9.09 Å². The number of hydrogen-bond donors (Lipinski definition) is 1. The normalized spacial score (nSPS) is 11.4. The van der Waals surface area contributed by atoms with Gasteiger partial charge in [-0.2, -0.15) is 0 Å². The van der Waals surface area contributed by atoms with Gasteiger partial charge in [0, 0.05) is 4.88 Å². The topological polar surface area (TPSA) is 76.1 Å². The first kappa shape index (κ1) is 13.2. The van der Waals surface area contributed by atoms with Crippen molar-refractivity contribution in [1.29, 1.82) is 0 Å². The zero-order valence-corrected chi connectivity index (χ0v) is 12.1. The number of hydrogen-bond acceptors (Lipinski definition) is 6. The minimum absolute atomic E-state index is 0.134. The van der Waals surface area contributed by atoms with E-state index in [0.717, 1.165) is 27.6 Å². The molecule has 2 rings (SSSR count). The third kappa shape index (κ3) is 2.77. The molecule has 1 N–H and O–H groups in total. The minimum atomic E-state index is -3.78. The number of carbonyl (C=O) groups excluding carboxylic acids is 1. The van der Waals surface area contributed by atoms with Gasteiger partial charge >= 0.3 is 0 Å². The largest absolute Gasteiger partial charge is 0.276 e. The summed E-state index contributed by atoms with van der Waals surface area (Å²) in [5.74, 6) is -0.647. The monoisotopic (exact) mass is 302 g/mol. The summed E-state index contributed by atoms with van der Waals surface area (Å²) in [5.41, 5.74) is 0. The van der Waals surface area contributed by atoms with Crippen LogP contribution < -0.4 is 4.72 Å². The molecule has 2 aromatic heterocycles. The highest BCUT2D eigenvalue weighted by molar-refractivity contribution is 7.92. The van der Waals surface area contributed by atoms with E-state index in [1.807, 2.05) is 4.72 Å². The fourth-order valence-electron chi connectivity index (χ4n) is 1.25. The molecule has 0 saturated heterocycles. The zero-order chi connectivity index (χ0) is 13.3. The first-order chi connectivity index (χ1) is 8.38. The molecule has 0 unspecified atom stereocenters. The summed E-state index contributed by atoms with van der Waals surface area (Å²) in [5, 5.41) is 0.713. The second-order valence-electron chi connectivity index (χ2n) is 3.54. The Hall–Kier alpha value is -1.25. The minimum Gasteiger partial charge on any atom is -0.267 e. The van der Waals surface area contributed by atoms with Gasteiger partial charge in [-0.1, -0.05) is 0 Å². The van der Waals surface area contributed by atoms with Crippen molar-refractivity contribution < 1.29 is 13.2 Å². The highest BCUT2D eigenvalue weighted by Crippen LogP contribution is 2.21. The predicted octanol–water partition coefficient (Wildman–Crippen LogP) is 1.94. The molecule has 0 aliphatic heterocycles. The third-order valence-corrected chi connectivity index (χ3v) is 5.79. The Kier molecular flexibility index (Phi) is 3.51. The van der Waals surface area contributed by atoms with Crippen molar-refractivity contribution in [3.8, 4) is 0 Å². The van der Waals surface area contributed by atoms with Crippen molar-refractivity contribution in [2.24, 2.45) is 0 Å². The summed E-state index contributed by atoms with van der Waals surface area (Å²) in [7, 11) is -3.78. The molecule has 0 radical (unpaired) electrons. The van der Waals surface area contributed by atoms with Crippen molar-refractivity contribution in [2.75, 3.05) is 0 Å². The van der Waals surface area contributed by atoms with Crippen LogP contribution in [0.15, 0.2) is 22.5 Å². The fraction of sp³-hybridized carbons (Fsp3) is 0.200. The maximum atomic E-state index is 11.9. The van der Waals surface area contributed by atoms with Crippen LogP contribution in [0.25, 0.3) is 0 Å². The Morgan fingerprint density at radius 2 is 2.00 bits per heavy atom. The van der Waals surface area contributed by atoms with E-state index in [2.05, 4.69) is 4.98 Å². The van der Waals surface area contributed by atoms with E-state index in [-0.39, 0.29) is 9.09 Å². The molecule has 0 spiro atoms. The van der Waals surface area contributed by atoms with Crippen LogP contribution in [-0.2, 0) is 10.0 Å². The zero-order valence-electron chi connectivity index (χ0n) is 9.63. The summed E-state index contributed by atoms with van der Waals surface area (Å²) in [6.45, 7) is 3.55. The predicted molar refractivity (Wildman–Crippen MR) is 70.6 cm³/mol. The van der Waals surface area contributed by atoms with E-state index < -0.39 is 15.9 Å². The summed E-state index contributed by atoms with van der Waals surface area (Å²) < 4.78 is 26.0. The summed E-state index contributed by atoms with van der Waals surface area (Å²) in [6, 6.07) is 3.17. The Balaban J connectivity index is 2.21. The van der Waals surface area contributed by atoms with E-state index in [1.54, 1.807) is 19.9 Å². The average Bonchev–Trinajstić information content (AvgIpc) is 2.86. The quantitative estimate of drug-likeness (QED) is 0.940. The number of thiophene rings is 1. The number of aromatic nitrogens is 1. The molecule has 0 aliphatic rings. The first-order valence-electron chi connectivity index (χ1n) is 4.94. The molecule has 2 aromatic rings. The summed E-state index contributed by atoms with van der Waals surface area (Å²) >= 11 is 2.27. The van der Waals surface area contributed by atoms with Crippen LogP contribution in [0, 0.1) is 13.8 Å². The summed E-state index contributed by atoms with van der Waals surface area (Å²) in [4.78, 5) is 16.8. The van der Waals surface area contributed by atoms with Gasteiger partial charge in [0.25, 0.3) is 15.9 Å². The Labute approximate surface area is 113 Å².